The summed E-state index contributed by atoms with van der Waals surface area (Å²) >= 11 is 0. The van der Waals surface area contributed by atoms with Crippen molar-refractivity contribution in [2.75, 3.05) is 45.2 Å². The van der Waals surface area contributed by atoms with E-state index < -0.39 is 0 Å². The minimum atomic E-state index is 0.239. The van der Waals surface area contributed by atoms with Crippen molar-refractivity contribution in [3.05, 3.63) is 47.7 Å². The number of piperazine rings is 1. The number of aromatic nitrogens is 3. The summed E-state index contributed by atoms with van der Waals surface area (Å²) in [5.74, 6) is 1.89. The van der Waals surface area contributed by atoms with Crippen LogP contribution in [-0.2, 0) is 6.54 Å². The van der Waals surface area contributed by atoms with Crippen LogP contribution >= 0.6 is 0 Å². The summed E-state index contributed by atoms with van der Waals surface area (Å²) in [5.41, 5.74) is 2.14. The highest BCUT2D eigenvalue weighted by atomic mass is 15.3. The lowest BCUT2D eigenvalue weighted by Crippen LogP contribution is -2.45. The van der Waals surface area contributed by atoms with Crippen LogP contribution in [0.25, 0.3) is 0 Å². The van der Waals surface area contributed by atoms with Crippen LogP contribution in [0.5, 0.6) is 0 Å². The molecule has 0 radical (unpaired) electrons. The third kappa shape index (κ3) is 4.52. The van der Waals surface area contributed by atoms with Gasteiger partial charge in [-0.25, -0.2) is 9.97 Å². The molecular weight excluding hydrogens is 312 g/mol. The van der Waals surface area contributed by atoms with E-state index in [4.69, 9.17) is 0 Å². The van der Waals surface area contributed by atoms with Crippen molar-refractivity contribution in [2.24, 2.45) is 0 Å². The van der Waals surface area contributed by atoms with Crippen LogP contribution in [0.1, 0.15) is 30.2 Å². The second-order valence-corrected chi connectivity index (χ2v) is 6.90. The number of hydrogen-bond donors (Lipinski definition) is 0. The molecule has 1 unspecified atom stereocenters. The van der Waals surface area contributed by atoms with Gasteiger partial charge in [-0.15, -0.1) is 0 Å². The number of hydrogen-bond acceptors (Lipinski definition) is 6. The summed E-state index contributed by atoms with van der Waals surface area (Å²) in [4.78, 5) is 20.8. The monoisotopic (exact) mass is 340 g/mol. The molecule has 134 valence electrons. The average Bonchev–Trinajstić information content (AvgIpc) is 2.62. The van der Waals surface area contributed by atoms with Gasteiger partial charge >= 0.3 is 0 Å². The molecule has 0 amide bonds. The van der Waals surface area contributed by atoms with Crippen molar-refractivity contribution in [3.63, 3.8) is 0 Å². The van der Waals surface area contributed by atoms with E-state index in [1.165, 1.54) is 0 Å². The Balaban J connectivity index is 1.72. The molecule has 0 spiro atoms. The Morgan fingerprint density at radius 1 is 1.16 bits per heavy atom. The lowest BCUT2D eigenvalue weighted by atomic mass is 10.2. The van der Waals surface area contributed by atoms with Crippen molar-refractivity contribution >= 4 is 5.82 Å². The first-order valence-electron chi connectivity index (χ1n) is 8.92. The molecule has 25 heavy (non-hydrogen) atoms. The molecule has 3 heterocycles. The standard InChI is InChI=1S/C19H28N6/c1-15(18-7-5-6-8-20-18)24(4)14-17-13-19(22-16(2)21-17)25-11-9-23(3)10-12-25/h5-8,13,15H,9-12,14H2,1-4H3. The molecule has 0 saturated carbocycles. The van der Waals surface area contributed by atoms with E-state index in [-0.39, 0.29) is 6.04 Å². The van der Waals surface area contributed by atoms with Crippen molar-refractivity contribution in [1.82, 2.24) is 24.8 Å². The van der Waals surface area contributed by atoms with Gasteiger partial charge in [-0.1, -0.05) is 6.07 Å². The Kier molecular flexibility index (Phi) is 5.60. The topological polar surface area (TPSA) is 48.4 Å². The fourth-order valence-corrected chi connectivity index (χ4v) is 3.13. The molecule has 6 nitrogen and oxygen atoms in total. The van der Waals surface area contributed by atoms with Crippen LogP contribution < -0.4 is 4.90 Å². The Morgan fingerprint density at radius 2 is 1.92 bits per heavy atom. The fourth-order valence-electron chi connectivity index (χ4n) is 3.13. The van der Waals surface area contributed by atoms with E-state index in [1.807, 2.05) is 25.3 Å². The molecule has 1 fully saturated rings. The van der Waals surface area contributed by atoms with E-state index >= 15 is 0 Å². The number of pyridine rings is 1. The Hall–Kier alpha value is -2.05. The van der Waals surface area contributed by atoms with Crippen LogP contribution in [0.4, 0.5) is 5.82 Å². The molecule has 0 aromatic carbocycles. The van der Waals surface area contributed by atoms with Crippen LogP contribution in [0.2, 0.25) is 0 Å². The second kappa shape index (κ2) is 7.89. The first-order valence-corrected chi connectivity index (χ1v) is 8.92. The van der Waals surface area contributed by atoms with Crippen LogP contribution in [-0.4, -0.2) is 65.0 Å². The normalized spacial score (nSPS) is 17.1. The molecule has 1 aliphatic rings. The second-order valence-electron chi connectivity index (χ2n) is 6.90. The first-order chi connectivity index (χ1) is 12.0. The van der Waals surface area contributed by atoms with E-state index in [0.717, 1.165) is 55.8 Å². The summed E-state index contributed by atoms with van der Waals surface area (Å²) in [5, 5.41) is 0. The van der Waals surface area contributed by atoms with Crippen molar-refractivity contribution in [1.29, 1.82) is 0 Å². The fraction of sp³-hybridized carbons (Fsp3) is 0.526. The molecule has 1 saturated heterocycles. The number of aryl methyl sites for hydroxylation is 1. The molecule has 0 N–H and O–H groups in total. The maximum absolute atomic E-state index is 4.66. The number of nitrogens with zero attached hydrogens (tertiary/aromatic N) is 6. The highest BCUT2D eigenvalue weighted by Gasteiger charge is 2.18. The van der Waals surface area contributed by atoms with Gasteiger partial charge in [0, 0.05) is 51.0 Å². The summed E-state index contributed by atoms with van der Waals surface area (Å²) in [6.07, 6.45) is 1.85. The van der Waals surface area contributed by atoms with Gasteiger partial charge in [0.05, 0.1) is 11.4 Å². The Labute approximate surface area is 150 Å². The quantitative estimate of drug-likeness (QED) is 0.831. The smallest absolute Gasteiger partial charge is 0.132 e. The summed E-state index contributed by atoms with van der Waals surface area (Å²) < 4.78 is 0. The lowest BCUT2D eigenvalue weighted by molar-refractivity contribution is 0.245. The highest BCUT2D eigenvalue weighted by Crippen LogP contribution is 2.20. The first kappa shape index (κ1) is 17.8. The summed E-state index contributed by atoms with van der Waals surface area (Å²) in [6, 6.07) is 8.44. The number of likely N-dealkylation sites (N-methyl/N-ethyl adjacent to an activating group) is 1. The molecular formula is C19H28N6. The van der Waals surface area contributed by atoms with Crippen LogP contribution in [0, 0.1) is 6.92 Å². The minimum Gasteiger partial charge on any atom is -0.354 e. The van der Waals surface area contributed by atoms with Gasteiger partial charge in [-0.05, 0) is 40.1 Å². The largest absolute Gasteiger partial charge is 0.354 e. The SMILES string of the molecule is Cc1nc(CN(C)C(C)c2ccccn2)cc(N2CCN(C)CC2)n1. The zero-order valence-electron chi connectivity index (χ0n) is 15.7. The molecule has 0 bridgehead atoms. The van der Waals surface area contributed by atoms with Gasteiger partial charge in [0.2, 0.25) is 0 Å². The Bertz CT molecular complexity index is 682. The molecule has 3 rings (SSSR count). The van der Waals surface area contributed by atoms with Crippen molar-refractivity contribution < 1.29 is 0 Å². The molecule has 1 atom stereocenters. The van der Waals surface area contributed by atoms with Crippen molar-refractivity contribution in [2.45, 2.75) is 26.4 Å². The third-order valence-corrected chi connectivity index (χ3v) is 4.89. The third-order valence-electron chi connectivity index (χ3n) is 4.89. The lowest BCUT2D eigenvalue weighted by Gasteiger charge is -2.33. The molecule has 1 aliphatic heterocycles. The molecule has 2 aromatic heterocycles. The maximum Gasteiger partial charge on any atom is 0.132 e. The molecule has 2 aromatic rings. The van der Waals surface area contributed by atoms with E-state index in [0.29, 0.717) is 0 Å². The zero-order chi connectivity index (χ0) is 17.8. The van der Waals surface area contributed by atoms with E-state index in [2.05, 4.69) is 62.8 Å². The average molecular weight is 340 g/mol. The number of rotatable bonds is 5. The van der Waals surface area contributed by atoms with E-state index in [9.17, 15) is 0 Å². The van der Waals surface area contributed by atoms with Gasteiger partial charge in [-0.3, -0.25) is 9.88 Å². The van der Waals surface area contributed by atoms with Crippen molar-refractivity contribution in [3.8, 4) is 0 Å². The van der Waals surface area contributed by atoms with Gasteiger partial charge in [0.1, 0.15) is 11.6 Å². The maximum atomic E-state index is 4.66. The van der Waals surface area contributed by atoms with Gasteiger partial charge in [-0.2, -0.15) is 0 Å². The zero-order valence-corrected chi connectivity index (χ0v) is 15.7. The predicted molar refractivity (Wildman–Crippen MR) is 101 cm³/mol. The minimum absolute atomic E-state index is 0.239. The van der Waals surface area contributed by atoms with Crippen LogP contribution in [0.15, 0.2) is 30.5 Å². The summed E-state index contributed by atoms with van der Waals surface area (Å²) in [6.45, 7) is 9.13. The van der Waals surface area contributed by atoms with Gasteiger partial charge in [0.15, 0.2) is 0 Å². The molecule has 6 heteroatoms. The number of anilines is 1. The van der Waals surface area contributed by atoms with Gasteiger partial charge in [0.25, 0.3) is 0 Å². The van der Waals surface area contributed by atoms with Crippen LogP contribution in [0.3, 0.4) is 0 Å². The van der Waals surface area contributed by atoms with Gasteiger partial charge < -0.3 is 9.80 Å². The Morgan fingerprint density at radius 3 is 2.60 bits per heavy atom. The van der Waals surface area contributed by atoms with E-state index in [1.54, 1.807) is 0 Å². The predicted octanol–water partition coefficient (Wildman–Crippen LogP) is 2.12. The summed E-state index contributed by atoms with van der Waals surface area (Å²) in [7, 11) is 4.29. The molecule has 0 aliphatic carbocycles. The highest BCUT2D eigenvalue weighted by molar-refractivity contribution is 5.40.